The maximum Gasteiger partial charge on any atom is 0.256 e. The molecule has 0 spiro atoms. The molecule has 0 atom stereocenters. The molecule has 0 bridgehead atoms. The van der Waals surface area contributed by atoms with Crippen LogP contribution in [0.4, 0.5) is 11.4 Å². The molecule has 25 heavy (non-hydrogen) atoms. The van der Waals surface area contributed by atoms with Crippen LogP contribution in [0.3, 0.4) is 0 Å². The van der Waals surface area contributed by atoms with E-state index in [0.717, 1.165) is 25.2 Å². The van der Waals surface area contributed by atoms with Gasteiger partial charge < -0.3 is 10.2 Å². The highest BCUT2D eigenvalue weighted by Gasteiger charge is 2.19. The van der Waals surface area contributed by atoms with Gasteiger partial charge in [0.15, 0.2) is 0 Å². The van der Waals surface area contributed by atoms with Gasteiger partial charge in [-0.15, -0.1) is 0 Å². The van der Waals surface area contributed by atoms with Crippen LogP contribution in [-0.2, 0) is 16.4 Å². The molecule has 3 rings (SSSR count). The summed E-state index contributed by atoms with van der Waals surface area (Å²) in [6.45, 7) is 3.98. The fraction of sp³-hybridized carbons (Fsp3) is 0.235. The topological polar surface area (TPSA) is 92.5 Å². The monoisotopic (exact) mass is 423 g/mol. The van der Waals surface area contributed by atoms with Gasteiger partial charge >= 0.3 is 0 Å². The maximum absolute atomic E-state index is 12.6. The number of carbonyl (C=O) groups excluding carboxylic acids is 1. The Kier molecular flexibility index (Phi) is 4.86. The Morgan fingerprint density at radius 1 is 1.28 bits per heavy atom. The summed E-state index contributed by atoms with van der Waals surface area (Å²) in [7, 11) is -3.87. The molecule has 1 amide bonds. The molecule has 1 aliphatic heterocycles. The average molecular weight is 424 g/mol. The Morgan fingerprint density at radius 3 is 2.72 bits per heavy atom. The van der Waals surface area contributed by atoms with E-state index >= 15 is 0 Å². The van der Waals surface area contributed by atoms with E-state index < -0.39 is 15.9 Å². The first kappa shape index (κ1) is 17.9. The zero-order chi connectivity index (χ0) is 18.2. The maximum atomic E-state index is 12.6. The number of halogens is 1. The van der Waals surface area contributed by atoms with Crippen molar-refractivity contribution in [3.05, 3.63) is 52.0 Å². The van der Waals surface area contributed by atoms with Gasteiger partial charge in [-0.3, -0.25) is 4.79 Å². The average Bonchev–Trinajstić information content (AvgIpc) is 2.96. The number of hydrogen-bond acceptors (Lipinski definition) is 4. The number of benzene rings is 2. The number of nitrogens with two attached hydrogens (primary N) is 1. The molecule has 0 aromatic heterocycles. The van der Waals surface area contributed by atoms with Gasteiger partial charge in [-0.25, -0.2) is 13.6 Å². The van der Waals surface area contributed by atoms with Crippen molar-refractivity contribution in [2.24, 2.45) is 5.14 Å². The third kappa shape index (κ3) is 3.70. The van der Waals surface area contributed by atoms with Crippen molar-refractivity contribution >= 4 is 43.2 Å². The van der Waals surface area contributed by atoms with Crippen LogP contribution >= 0.6 is 15.9 Å². The lowest BCUT2D eigenvalue weighted by atomic mass is 10.1. The summed E-state index contributed by atoms with van der Waals surface area (Å²) in [6.07, 6.45) is 0.999. The minimum atomic E-state index is -3.87. The van der Waals surface area contributed by atoms with E-state index in [1.807, 2.05) is 18.2 Å². The van der Waals surface area contributed by atoms with Gasteiger partial charge in [-0.1, -0.05) is 6.07 Å². The summed E-state index contributed by atoms with van der Waals surface area (Å²) in [6, 6.07) is 9.92. The number of nitrogens with zero attached hydrogens (tertiary/aromatic N) is 1. The minimum Gasteiger partial charge on any atom is -0.371 e. The van der Waals surface area contributed by atoms with Crippen LogP contribution in [0.25, 0.3) is 0 Å². The molecular weight excluding hydrogens is 406 g/mol. The molecule has 6 nitrogen and oxygen atoms in total. The number of hydrogen-bond donors (Lipinski definition) is 2. The van der Waals surface area contributed by atoms with Crippen molar-refractivity contribution in [2.75, 3.05) is 23.3 Å². The number of fused-ring (bicyclic) bond motifs is 1. The Hall–Kier alpha value is -1.90. The first-order valence-electron chi connectivity index (χ1n) is 7.81. The smallest absolute Gasteiger partial charge is 0.256 e. The summed E-state index contributed by atoms with van der Waals surface area (Å²) < 4.78 is 23.5. The number of rotatable bonds is 4. The summed E-state index contributed by atoms with van der Waals surface area (Å²) in [4.78, 5) is 14.7. The highest BCUT2D eigenvalue weighted by Crippen LogP contribution is 2.31. The summed E-state index contributed by atoms with van der Waals surface area (Å²) in [5, 5.41) is 7.96. The highest BCUT2D eigenvalue weighted by atomic mass is 79.9. The van der Waals surface area contributed by atoms with E-state index in [1.165, 1.54) is 23.8 Å². The van der Waals surface area contributed by atoms with Gasteiger partial charge in [0.25, 0.3) is 5.91 Å². The predicted octanol–water partition coefficient (Wildman–Crippen LogP) is 2.73. The molecule has 132 valence electrons. The Labute approximate surface area is 155 Å². The molecular formula is C17H18BrN3O3S. The summed E-state index contributed by atoms with van der Waals surface area (Å²) >= 11 is 3.28. The SMILES string of the molecule is CCN1CCc2ccc(NC(=O)c3cc(S(N)(=O)=O)ccc3Br)cc21. The van der Waals surface area contributed by atoms with Crippen LogP contribution in [0, 0.1) is 0 Å². The van der Waals surface area contributed by atoms with Crippen LogP contribution in [-0.4, -0.2) is 27.4 Å². The van der Waals surface area contributed by atoms with Crippen LogP contribution in [0.5, 0.6) is 0 Å². The van der Waals surface area contributed by atoms with Crippen molar-refractivity contribution in [1.82, 2.24) is 0 Å². The normalized spacial score (nSPS) is 13.6. The molecule has 0 radical (unpaired) electrons. The number of carbonyl (C=O) groups is 1. The minimum absolute atomic E-state index is 0.105. The van der Waals surface area contributed by atoms with Crippen molar-refractivity contribution in [3.8, 4) is 0 Å². The fourth-order valence-corrected chi connectivity index (χ4v) is 3.87. The lowest BCUT2D eigenvalue weighted by Crippen LogP contribution is -2.19. The number of nitrogens with one attached hydrogen (secondary N) is 1. The molecule has 2 aromatic rings. The van der Waals surface area contributed by atoms with Gasteiger partial charge in [-0.05, 0) is 65.2 Å². The van der Waals surface area contributed by atoms with Crippen molar-refractivity contribution in [2.45, 2.75) is 18.2 Å². The Balaban J connectivity index is 1.89. The quantitative estimate of drug-likeness (QED) is 0.790. The molecule has 1 heterocycles. The molecule has 3 N–H and O–H groups in total. The van der Waals surface area contributed by atoms with Crippen LogP contribution in [0.1, 0.15) is 22.8 Å². The first-order chi connectivity index (χ1) is 11.8. The van der Waals surface area contributed by atoms with E-state index in [4.69, 9.17) is 5.14 Å². The van der Waals surface area contributed by atoms with Crippen molar-refractivity contribution in [3.63, 3.8) is 0 Å². The van der Waals surface area contributed by atoms with Crippen LogP contribution in [0.15, 0.2) is 45.8 Å². The Bertz CT molecular complexity index is 944. The largest absolute Gasteiger partial charge is 0.371 e. The molecule has 0 aliphatic carbocycles. The molecule has 0 saturated heterocycles. The second-order valence-corrected chi connectivity index (χ2v) is 8.23. The van der Waals surface area contributed by atoms with Crippen molar-refractivity contribution < 1.29 is 13.2 Å². The van der Waals surface area contributed by atoms with Crippen LogP contribution in [0.2, 0.25) is 0 Å². The van der Waals surface area contributed by atoms with E-state index in [1.54, 1.807) is 0 Å². The molecule has 0 saturated carbocycles. The molecule has 2 aromatic carbocycles. The number of anilines is 2. The fourth-order valence-electron chi connectivity index (χ4n) is 2.91. The zero-order valence-corrected chi connectivity index (χ0v) is 16.0. The number of amides is 1. The summed E-state index contributed by atoms with van der Waals surface area (Å²) in [5.41, 5.74) is 3.26. The second kappa shape index (κ2) is 6.78. The number of sulfonamides is 1. The van der Waals surface area contributed by atoms with Gasteiger partial charge in [0.1, 0.15) is 0 Å². The molecule has 0 fully saturated rings. The lowest BCUT2D eigenvalue weighted by Gasteiger charge is -2.17. The van der Waals surface area contributed by atoms with E-state index in [0.29, 0.717) is 10.2 Å². The number of primary sulfonamides is 1. The van der Waals surface area contributed by atoms with E-state index in [-0.39, 0.29) is 10.5 Å². The van der Waals surface area contributed by atoms with E-state index in [9.17, 15) is 13.2 Å². The van der Waals surface area contributed by atoms with Gasteiger partial charge in [0, 0.05) is 28.9 Å². The first-order valence-corrected chi connectivity index (χ1v) is 10.1. The van der Waals surface area contributed by atoms with Gasteiger partial charge in [0.2, 0.25) is 10.0 Å². The van der Waals surface area contributed by atoms with Crippen molar-refractivity contribution in [1.29, 1.82) is 0 Å². The van der Waals surface area contributed by atoms with Gasteiger partial charge in [0.05, 0.1) is 10.5 Å². The predicted molar refractivity (Wildman–Crippen MR) is 102 cm³/mol. The molecule has 8 heteroatoms. The highest BCUT2D eigenvalue weighted by molar-refractivity contribution is 9.10. The standard InChI is InChI=1S/C17H18BrN3O3S/c1-2-21-8-7-11-3-4-12(9-16(11)21)20-17(22)14-10-13(25(19,23)24)5-6-15(14)18/h3-6,9-10H,2,7-8H2,1H3,(H,20,22)(H2,19,23,24). The van der Waals surface area contributed by atoms with Gasteiger partial charge in [-0.2, -0.15) is 0 Å². The third-order valence-corrected chi connectivity index (χ3v) is 5.83. The second-order valence-electron chi connectivity index (χ2n) is 5.81. The molecule has 0 unspecified atom stereocenters. The summed E-state index contributed by atoms with van der Waals surface area (Å²) in [5.74, 6) is -0.404. The lowest BCUT2D eigenvalue weighted by molar-refractivity contribution is 0.102. The third-order valence-electron chi connectivity index (χ3n) is 4.23. The van der Waals surface area contributed by atoms with Crippen LogP contribution < -0.4 is 15.4 Å². The van der Waals surface area contributed by atoms with E-state index in [2.05, 4.69) is 33.1 Å². The number of likely N-dealkylation sites (N-methyl/N-ethyl adjacent to an activating group) is 1. The Morgan fingerprint density at radius 2 is 2.04 bits per heavy atom. The molecule has 1 aliphatic rings. The zero-order valence-electron chi connectivity index (χ0n) is 13.6.